The molecule has 0 amide bonds. The van der Waals surface area contributed by atoms with Gasteiger partial charge in [0.2, 0.25) is 0 Å². The van der Waals surface area contributed by atoms with E-state index in [0.29, 0.717) is 5.69 Å². The Morgan fingerprint density at radius 2 is 1.37 bits per heavy atom. The van der Waals surface area contributed by atoms with E-state index in [-0.39, 0.29) is 32.8 Å². The molecule has 1 saturated heterocycles. The van der Waals surface area contributed by atoms with Gasteiger partial charge in [-0.1, -0.05) is 0 Å². The molecule has 0 bridgehead atoms. The summed E-state index contributed by atoms with van der Waals surface area (Å²) in [5.74, 6) is 0. The topological polar surface area (TPSA) is 74.3 Å². The summed E-state index contributed by atoms with van der Waals surface area (Å²) in [4.78, 5) is 14.6. The van der Waals surface area contributed by atoms with Crippen molar-refractivity contribution in [2.45, 2.75) is 4.71 Å². The van der Waals surface area contributed by atoms with Crippen LogP contribution in [0.5, 0.6) is 0 Å². The molecule has 27 heavy (non-hydrogen) atoms. The molecule has 10 heteroatoms. The fourth-order valence-corrected chi connectivity index (χ4v) is 3.10. The maximum absolute atomic E-state index is 10.6. The summed E-state index contributed by atoms with van der Waals surface area (Å²) in [6.45, 7) is 3.54. The maximum atomic E-state index is 10.6. The predicted octanol–water partition coefficient (Wildman–Crippen LogP) is 3.51. The molecule has 147 valence electrons. The summed E-state index contributed by atoms with van der Waals surface area (Å²) < 4.78 is -0.237. The number of piperazine rings is 1. The first-order chi connectivity index (χ1) is 12.5. The number of nitro groups is 1. The number of hydrogen-bond donors (Lipinski definition) is 0. The fraction of sp³-hybridized carbons (Fsp3) is 0.294. The molecule has 1 heterocycles. The number of nitrogens with zero attached hydrogens (tertiary/aromatic N) is 5. The summed E-state index contributed by atoms with van der Waals surface area (Å²) in [7, 11) is 0. The average Bonchev–Trinajstić information content (AvgIpc) is 2.67. The van der Waals surface area contributed by atoms with Gasteiger partial charge in [0.05, 0.1) is 16.3 Å². The van der Waals surface area contributed by atoms with Gasteiger partial charge in [-0.25, -0.2) is 4.71 Å². The van der Waals surface area contributed by atoms with Gasteiger partial charge in [-0.05, 0) is 36.4 Å². The van der Waals surface area contributed by atoms with E-state index in [1.165, 1.54) is 12.1 Å². The smallest absolute Gasteiger partial charge is 0.269 e. The number of non-ortho nitro benzene ring substituents is 1. The first kappa shape index (κ1) is 21.9. The monoisotopic (exact) mass is 584 g/mol. The third-order valence-electron chi connectivity index (χ3n) is 4.17. The van der Waals surface area contributed by atoms with E-state index in [2.05, 4.69) is 20.0 Å². The first-order valence-electron chi connectivity index (χ1n) is 8.10. The van der Waals surface area contributed by atoms with Crippen molar-refractivity contribution in [1.29, 1.82) is 0 Å². The quantitative estimate of drug-likeness (QED) is 0.176. The van der Waals surface area contributed by atoms with Crippen molar-refractivity contribution < 1.29 is 27.3 Å². The van der Waals surface area contributed by atoms with Crippen molar-refractivity contribution in [2.75, 3.05) is 31.1 Å². The number of nitro benzene ring substituents is 1. The van der Waals surface area contributed by atoms with Gasteiger partial charge in [-0.15, -0.1) is 0 Å². The van der Waals surface area contributed by atoms with Crippen LogP contribution in [0, 0.1) is 10.1 Å². The third kappa shape index (κ3) is 6.06. The molecule has 0 aromatic heterocycles. The van der Waals surface area contributed by atoms with Crippen molar-refractivity contribution in [2.24, 2.45) is 10.2 Å². The molecule has 1 fully saturated rings. The van der Waals surface area contributed by atoms with Gasteiger partial charge in [0, 0.05) is 66.4 Å². The molecule has 1 radical (unpaired) electrons. The third-order valence-corrected chi connectivity index (χ3v) is 4.77. The van der Waals surface area contributed by atoms with Crippen molar-refractivity contribution in [3.63, 3.8) is 0 Å². The van der Waals surface area contributed by atoms with Gasteiger partial charge in [0.25, 0.3) is 5.69 Å². The summed E-state index contributed by atoms with van der Waals surface area (Å²) in [6, 6.07) is 13.8. The largest absolute Gasteiger partial charge is 0.800 e. The van der Waals surface area contributed by atoms with Crippen LogP contribution in [-0.4, -0.2) is 40.7 Å². The fourth-order valence-electron chi connectivity index (χ4n) is 2.68. The minimum absolute atomic E-state index is 0. The van der Waals surface area contributed by atoms with Crippen LogP contribution in [-0.2, 0) is 47.6 Å². The van der Waals surface area contributed by atoms with Gasteiger partial charge in [0.1, 0.15) is 0 Å². The Morgan fingerprint density at radius 1 is 0.889 bits per heavy atom. The Labute approximate surface area is 184 Å². The van der Waals surface area contributed by atoms with Gasteiger partial charge in [-0.3, -0.25) is 10.1 Å². The second kappa shape index (κ2) is 10.3. The molecule has 0 saturated carbocycles. The Bertz CT molecular complexity index is 779. The van der Waals surface area contributed by atoms with E-state index in [1.54, 1.807) is 12.1 Å². The van der Waals surface area contributed by atoms with Gasteiger partial charge in [0.15, 0.2) is 0 Å². The summed E-state index contributed by atoms with van der Waals surface area (Å²) in [5.41, 5.74) is 2.45. The van der Waals surface area contributed by atoms with Crippen LogP contribution in [0.3, 0.4) is 0 Å². The van der Waals surface area contributed by atoms with E-state index < -0.39 is 4.92 Å². The van der Waals surface area contributed by atoms with Crippen LogP contribution in [0.15, 0.2) is 58.8 Å². The molecular formula is C17H17AuN5O2S2-2. The van der Waals surface area contributed by atoms with Crippen LogP contribution in [0.25, 0.3) is 0 Å². The van der Waals surface area contributed by atoms with Crippen LogP contribution < -0.4 is 4.90 Å². The summed E-state index contributed by atoms with van der Waals surface area (Å²) >= 11 is 10.3. The molecule has 2 aromatic carbocycles. The second-order valence-electron chi connectivity index (χ2n) is 5.82. The van der Waals surface area contributed by atoms with Crippen molar-refractivity contribution in [3.05, 3.63) is 58.6 Å². The second-order valence-corrected chi connectivity index (χ2v) is 7.01. The Balaban J connectivity index is 0.00000261. The number of anilines is 1. The van der Waals surface area contributed by atoms with Crippen LogP contribution in [0.2, 0.25) is 0 Å². The Morgan fingerprint density at radius 3 is 1.81 bits per heavy atom. The van der Waals surface area contributed by atoms with E-state index in [9.17, 15) is 10.1 Å². The Hall–Kier alpha value is -1.36. The normalized spacial score (nSPS) is 15.1. The molecule has 0 spiro atoms. The molecule has 0 N–H and O–H groups in total. The van der Waals surface area contributed by atoms with Crippen LogP contribution >= 0.6 is 0 Å². The molecule has 0 atom stereocenters. The summed E-state index contributed by atoms with van der Waals surface area (Å²) in [5, 5.41) is 18.9. The molecule has 3 rings (SSSR count). The van der Waals surface area contributed by atoms with Crippen molar-refractivity contribution >= 4 is 48.0 Å². The molecular weight excluding hydrogens is 567 g/mol. The zero-order valence-corrected chi connectivity index (χ0v) is 18.0. The zero-order valence-electron chi connectivity index (χ0n) is 14.2. The molecule has 0 unspecified atom stereocenters. The first-order valence-corrected chi connectivity index (χ1v) is 9.04. The molecule has 1 aliphatic heterocycles. The average molecular weight is 584 g/mol. The maximum Gasteiger partial charge on any atom is 0.269 e. The molecule has 1 aliphatic rings. The van der Waals surface area contributed by atoms with Crippen LogP contribution in [0.4, 0.5) is 22.7 Å². The number of benzene rings is 2. The Kier molecular flexibility index (Phi) is 8.33. The van der Waals surface area contributed by atoms with Crippen molar-refractivity contribution in [3.8, 4) is 0 Å². The minimum Gasteiger partial charge on any atom is -0.800 e. The SMILES string of the molecule is O=[N+]([O-])c1ccc(N=Nc2ccc(N3CCN(C([S-])[S-])CC3)cc2)cc1.[Au]. The van der Waals surface area contributed by atoms with E-state index in [4.69, 9.17) is 25.3 Å². The van der Waals surface area contributed by atoms with E-state index in [1.807, 2.05) is 24.3 Å². The van der Waals surface area contributed by atoms with Crippen LogP contribution in [0.1, 0.15) is 0 Å². The minimum atomic E-state index is -0.441. The molecule has 2 aromatic rings. The number of rotatable bonds is 5. The molecule has 0 aliphatic carbocycles. The van der Waals surface area contributed by atoms with E-state index in [0.717, 1.165) is 37.6 Å². The number of hydrogen-bond acceptors (Lipinski definition) is 8. The standard InChI is InChI=1S/C17H19N5O2S2.Au/c23-22(24)16-7-3-14(4-8-16)19-18-13-1-5-15(6-2-13)20-9-11-21(12-10-20)17(25)26;/h1-8,17,25-26H,9-12H2;/p-2. The van der Waals surface area contributed by atoms with E-state index >= 15 is 0 Å². The zero-order chi connectivity index (χ0) is 18.5. The summed E-state index contributed by atoms with van der Waals surface area (Å²) in [6.07, 6.45) is 0. The van der Waals surface area contributed by atoms with Crippen molar-refractivity contribution in [1.82, 2.24) is 4.90 Å². The number of azo groups is 1. The van der Waals surface area contributed by atoms with Gasteiger partial charge < -0.3 is 35.1 Å². The predicted molar refractivity (Wildman–Crippen MR) is 106 cm³/mol. The van der Waals surface area contributed by atoms with Gasteiger partial charge >= 0.3 is 0 Å². The molecule has 7 nitrogen and oxygen atoms in total. The van der Waals surface area contributed by atoms with Gasteiger partial charge in [-0.2, -0.15) is 10.2 Å².